The van der Waals surface area contributed by atoms with Crippen molar-refractivity contribution in [2.75, 3.05) is 6.54 Å². The van der Waals surface area contributed by atoms with Crippen LogP contribution >= 0.6 is 34.5 Å². The second kappa shape index (κ2) is 5.84. The van der Waals surface area contributed by atoms with Gasteiger partial charge in [0.25, 0.3) is 0 Å². The van der Waals surface area contributed by atoms with E-state index in [0.29, 0.717) is 16.6 Å². The Morgan fingerprint density at radius 2 is 2.09 bits per heavy atom. The molecule has 0 saturated carbocycles. The van der Waals surface area contributed by atoms with Gasteiger partial charge in [-0.25, -0.2) is 4.98 Å². The second-order valence-electron chi connectivity index (χ2n) is 5.67. The van der Waals surface area contributed by atoms with E-state index in [2.05, 4.69) is 16.3 Å². The summed E-state index contributed by atoms with van der Waals surface area (Å²) in [7, 11) is 0. The van der Waals surface area contributed by atoms with Crippen molar-refractivity contribution >= 4 is 51.0 Å². The fraction of sp³-hybridized carbons (Fsp3) is 0.375. The Balaban J connectivity index is 1.56. The molecule has 1 aromatic heterocycles. The van der Waals surface area contributed by atoms with Crippen molar-refractivity contribution in [3.8, 4) is 0 Å². The normalized spacial score (nSPS) is 18.2. The highest BCUT2D eigenvalue weighted by Crippen LogP contribution is 2.33. The van der Waals surface area contributed by atoms with E-state index in [1.807, 2.05) is 11.1 Å². The Bertz CT molecular complexity index is 794. The molecule has 0 amide bonds. The zero-order valence-corrected chi connectivity index (χ0v) is 14.2. The third-order valence-electron chi connectivity index (χ3n) is 4.05. The molecule has 0 atom stereocenters. The van der Waals surface area contributed by atoms with Gasteiger partial charge in [0, 0.05) is 5.02 Å². The summed E-state index contributed by atoms with van der Waals surface area (Å²) in [6.07, 6.45) is 8.05. The van der Waals surface area contributed by atoms with Crippen molar-refractivity contribution in [2.24, 2.45) is 5.10 Å². The van der Waals surface area contributed by atoms with Gasteiger partial charge < -0.3 is 0 Å². The van der Waals surface area contributed by atoms with Crippen LogP contribution in [0.3, 0.4) is 0 Å². The summed E-state index contributed by atoms with van der Waals surface area (Å²) in [6, 6.07) is 3.62. The van der Waals surface area contributed by atoms with E-state index in [4.69, 9.17) is 23.2 Å². The van der Waals surface area contributed by atoms with Gasteiger partial charge in [-0.05, 0) is 49.0 Å². The summed E-state index contributed by atoms with van der Waals surface area (Å²) in [4.78, 5) is 4.64. The number of hydrazone groups is 1. The van der Waals surface area contributed by atoms with Crippen molar-refractivity contribution < 1.29 is 0 Å². The van der Waals surface area contributed by atoms with Gasteiger partial charge in [-0.15, -0.1) is 11.3 Å². The number of thiazole rings is 1. The number of aromatic nitrogens is 1. The van der Waals surface area contributed by atoms with E-state index in [0.717, 1.165) is 28.2 Å². The maximum Gasteiger partial charge on any atom is 0.115 e. The molecule has 2 aliphatic rings. The number of hydrogen-bond acceptors (Lipinski definition) is 4. The molecule has 1 aliphatic heterocycles. The number of nitrogens with zero attached hydrogens (tertiary/aromatic N) is 3. The molecule has 2 heterocycles. The van der Waals surface area contributed by atoms with Crippen LogP contribution in [-0.4, -0.2) is 22.8 Å². The molecule has 0 fully saturated rings. The summed E-state index contributed by atoms with van der Waals surface area (Å²) in [5.74, 6) is 0. The first-order valence-electron chi connectivity index (χ1n) is 7.36. The first-order chi connectivity index (χ1) is 10.7. The van der Waals surface area contributed by atoms with Gasteiger partial charge in [0.2, 0.25) is 0 Å². The Kier molecular flexibility index (Phi) is 3.84. The van der Waals surface area contributed by atoms with Crippen LogP contribution in [0.5, 0.6) is 0 Å². The molecule has 0 unspecified atom stereocenters. The zero-order chi connectivity index (χ0) is 15.1. The van der Waals surface area contributed by atoms with Crippen LogP contribution in [0, 0.1) is 0 Å². The summed E-state index contributed by atoms with van der Waals surface area (Å²) in [5, 5.41) is 8.78. The van der Waals surface area contributed by atoms with Crippen molar-refractivity contribution in [1.82, 2.24) is 9.99 Å². The quantitative estimate of drug-likeness (QED) is 0.748. The van der Waals surface area contributed by atoms with Crippen molar-refractivity contribution in [1.29, 1.82) is 0 Å². The third-order valence-corrected chi connectivity index (χ3v) is 5.77. The Hall–Kier alpha value is -1.10. The minimum atomic E-state index is 0.621. The summed E-state index contributed by atoms with van der Waals surface area (Å²) in [5.41, 5.74) is 3.67. The average Bonchev–Trinajstić information content (AvgIpc) is 2.90. The van der Waals surface area contributed by atoms with Gasteiger partial charge in [0.05, 0.1) is 28.3 Å². The number of benzene rings is 1. The predicted octanol–water partition coefficient (Wildman–Crippen LogP) is 5.15. The maximum atomic E-state index is 6.24. The Labute approximate surface area is 143 Å². The SMILES string of the molecule is Clc1cc(Cl)c2sc(CN3CC4=C([C]=N3)CCCC4)nc2c1. The molecule has 4 rings (SSSR count). The van der Waals surface area contributed by atoms with Gasteiger partial charge in [0.15, 0.2) is 0 Å². The van der Waals surface area contributed by atoms with Crippen LogP contribution in [0.2, 0.25) is 10.0 Å². The maximum absolute atomic E-state index is 6.24. The smallest absolute Gasteiger partial charge is 0.115 e. The van der Waals surface area contributed by atoms with Gasteiger partial charge in [-0.2, -0.15) is 5.10 Å². The zero-order valence-electron chi connectivity index (χ0n) is 11.9. The molecule has 113 valence electrons. The van der Waals surface area contributed by atoms with E-state index < -0.39 is 0 Å². The van der Waals surface area contributed by atoms with Crippen LogP contribution in [0.15, 0.2) is 28.4 Å². The van der Waals surface area contributed by atoms with Gasteiger partial charge in [-0.3, -0.25) is 5.01 Å². The lowest BCUT2D eigenvalue weighted by molar-refractivity contribution is 0.294. The van der Waals surface area contributed by atoms with E-state index >= 15 is 0 Å². The average molecular weight is 351 g/mol. The van der Waals surface area contributed by atoms with Crippen molar-refractivity contribution in [3.05, 3.63) is 38.3 Å². The summed E-state index contributed by atoms with van der Waals surface area (Å²) < 4.78 is 0.989. The minimum absolute atomic E-state index is 0.621. The van der Waals surface area contributed by atoms with Crippen LogP contribution in [0.1, 0.15) is 30.7 Å². The molecule has 0 spiro atoms. The number of rotatable bonds is 2. The van der Waals surface area contributed by atoms with E-state index in [-0.39, 0.29) is 0 Å². The lowest BCUT2D eigenvalue weighted by Crippen LogP contribution is -2.25. The predicted molar refractivity (Wildman–Crippen MR) is 93.0 cm³/mol. The lowest BCUT2D eigenvalue weighted by Gasteiger charge is -2.27. The highest BCUT2D eigenvalue weighted by atomic mass is 35.5. The van der Waals surface area contributed by atoms with Crippen LogP contribution < -0.4 is 0 Å². The fourth-order valence-electron chi connectivity index (χ4n) is 2.98. The topological polar surface area (TPSA) is 28.5 Å². The van der Waals surface area contributed by atoms with Crippen LogP contribution in [-0.2, 0) is 6.54 Å². The van der Waals surface area contributed by atoms with E-state index in [1.54, 1.807) is 17.4 Å². The Morgan fingerprint density at radius 3 is 3.00 bits per heavy atom. The van der Waals surface area contributed by atoms with Crippen LogP contribution in [0.4, 0.5) is 0 Å². The highest BCUT2D eigenvalue weighted by Gasteiger charge is 2.20. The molecular formula is C16H14Cl2N3S. The molecule has 1 aromatic carbocycles. The molecule has 1 radical (unpaired) electrons. The Morgan fingerprint density at radius 1 is 1.23 bits per heavy atom. The highest BCUT2D eigenvalue weighted by molar-refractivity contribution is 7.19. The molecule has 2 aromatic rings. The largest absolute Gasteiger partial charge is 0.285 e. The first kappa shape index (κ1) is 14.5. The monoisotopic (exact) mass is 350 g/mol. The molecule has 3 nitrogen and oxygen atoms in total. The molecule has 6 heteroatoms. The molecule has 1 aliphatic carbocycles. The molecule has 0 bridgehead atoms. The number of hydrogen-bond donors (Lipinski definition) is 0. The van der Waals surface area contributed by atoms with Gasteiger partial charge in [0.1, 0.15) is 11.2 Å². The standard InChI is InChI=1S/C16H14Cl2N3S/c17-12-5-13(18)16-14(6-12)20-15(22-16)9-21-8-11-4-2-1-3-10(11)7-19-21/h5-6H,1-4,8-9H2. The number of halogens is 2. The van der Waals surface area contributed by atoms with Crippen molar-refractivity contribution in [3.63, 3.8) is 0 Å². The molecule has 0 saturated heterocycles. The number of allylic oxidation sites excluding steroid dienone is 1. The summed E-state index contributed by atoms with van der Waals surface area (Å²) >= 11 is 13.9. The molecule has 22 heavy (non-hydrogen) atoms. The third kappa shape index (κ3) is 2.75. The minimum Gasteiger partial charge on any atom is -0.285 e. The van der Waals surface area contributed by atoms with Gasteiger partial charge >= 0.3 is 0 Å². The fourth-order valence-corrected chi connectivity index (χ4v) is 4.54. The van der Waals surface area contributed by atoms with E-state index in [1.165, 1.54) is 30.4 Å². The second-order valence-corrected chi connectivity index (χ2v) is 7.59. The van der Waals surface area contributed by atoms with Crippen LogP contribution in [0.25, 0.3) is 10.2 Å². The van der Waals surface area contributed by atoms with Crippen molar-refractivity contribution in [2.45, 2.75) is 32.2 Å². The van der Waals surface area contributed by atoms with E-state index in [9.17, 15) is 0 Å². The molecular weight excluding hydrogens is 337 g/mol. The lowest BCUT2D eigenvalue weighted by atomic mass is 9.91. The molecule has 0 N–H and O–H groups in total. The number of fused-ring (bicyclic) bond motifs is 1. The van der Waals surface area contributed by atoms with Gasteiger partial charge in [-0.1, -0.05) is 23.2 Å². The summed E-state index contributed by atoms with van der Waals surface area (Å²) in [6.45, 7) is 1.59. The first-order valence-corrected chi connectivity index (χ1v) is 8.93.